The fraction of sp³-hybridized carbons (Fsp3) is 0.625. The maximum absolute atomic E-state index is 10.8. The molecule has 0 aliphatic rings. The number of carbonyl (C=O) groups is 2. The molecule has 0 aromatic carbocycles. The van der Waals surface area contributed by atoms with Crippen molar-refractivity contribution >= 4 is 11.9 Å². The highest BCUT2D eigenvalue weighted by Gasteiger charge is 2.03. The molecule has 0 rings (SSSR count). The van der Waals surface area contributed by atoms with Crippen LogP contribution in [-0.2, 0) is 19.1 Å². The van der Waals surface area contributed by atoms with Crippen molar-refractivity contribution in [1.29, 1.82) is 0 Å². The average molecular weight is 299 g/mol. The molecule has 0 amide bonds. The predicted octanol–water partition coefficient (Wildman–Crippen LogP) is 2.43. The van der Waals surface area contributed by atoms with Crippen molar-refractivity contribution in [2.75, 3.05) is 33.9 Å². The molecule has 0 atom stereocenters. The summed E-state index contributed by atoms with van der Waals surface area (Å²) in [7, 11) is 3.85. The van der Waals surface area contributed by atoms with E-state index >= 15 is 0 Å². The van der Waals surface area contributed by atoms with E-state index in [1.807, 2.05) is 32.8 Å². The number of likely N-dealkylation sites (N-methyl/N-ethyl adjacent to an activating group) is 1. The zero-order valence-corrected chi connectivity index (χ0v) is 14.2. The number of hydrogen-bond donors (Lipinski definition) is 0. The average Bonchev–Trinajstić information content (AvgIpc) is 2.35. The van der Waals surface area contributed by atoms with Crippen LogP contribution in [0.25, 0.3) is 0 Å². The van der Waals surface area contributed by atoms with Crippen LogP contribution < -0.4 is 0 Å². The van der Waals surface area contributed by atoms with Crippen LogP contribution in [0.4, 0.5) is 0 Å². The van der Waals surface area contributed by atoms with Crippen molar-refractivity contribution in [3.05, 3.63) is 24.3 Å². The van der Waals surface area contributed by atoms with E-state index in [0.29, 0.717) is 30.3 Å². The Kier molecular flexibility index (Phi) is 12.5. The van der Waals surface area contributed by atoms with Crippen LogP contribution in [-0.4, -0.2) is 50.7 Å². The third kappa shape index (κ3) is 16.3. The van der Waals surface area contributed by atoms with Crippen LogP contribution in [0.2, 0.25) is 0 Å². The van der Waals surface area contributed by atoms with E-state index in [9.17, 15) is 9.59 Å². The normalized spacial score (nSPS) is 9.71. The zero-order chi connectivity index (χ0) is 17.0. The lowest BCUT2D eigenvalue weighted by Crippen LogP contribution is -2.20. The summed E-state index contributed by atoms with van der Waals surface area (Å²) in [4.78, 5) is 23.5. The summed E-state index contributed by atoms with van der Waals surface area (Å²) >= 11 is 0. The van der Waals surface area contributed by atoms with E-state index in [-0.39, 0.29) is 11.9 Å². The standard InChI is InChI=1S/C8H15NO2.C8H14O2/c1-7(2)8(10)11-6-5-9(3)4;1-6(2)5-10-8(9)7(3)4/h1,5-6H2,2-4H3;6H,3,5H2,1-2,4H3. The number of ether oxygens (including phenoxy) is 2. The third-order valence-electron chi connectivity index (χ3n) is 2.02. The maximum Gasteiger partial charge on any atom is 0.333 e. The molecule has 0 fully saturated rings. The monoisotopic (exact) mass is 299 g/mol. The van der Waals surface area contributed by atoms with Crippen molar-refractivity contribution in [2.24, 2.45) is 5.92 Å². The largest absolute Gasteiger partial charge is 0.462 e. The molecule has 0 radical (unpaired) electrons. The molecule has 0 aromatic rings. The molecule has 0 aromatic heterocycles. The smallest absolute Gasteiger partial charge is 0.333 e. The van der Waals surface area contributed by atoms with E-state index in [0.717, 1.165) is 6.54 Å². The van der Waals surface area contributed by atoms with Crippen LogP contribution in [0.1, 0.15) is 27.7 Å². The van der Waals surface area contributed by atoms with Crippen molar-refractivity contribution < 1.29 is 19.1 Å². The minimum Gasteiger partial charge on any atom is -0.462 e. The summed E-state index contributed by atoms with van der Waals surface area (Å²) < 4.78 is 9.66. The first kappa shape index (κ1) is 21.7. The Morgan fingerprint density at radius 3 is 1.76 bits per heavy atom. The van der Waals surface area contributed by atoms with E-state index in [1.54, 1.807) is 13.8 Å². The van der Waals surface area contributed by atoms with E-state index in [4.69, 9.17) is 9.47 Å². The second-order valence-corrected chi connectivity index (χ2v) is 5.49. The lowest BCUT2D eigenvalue weighted by Gasteiger charge is -2.09. The summed E-state index contributed by atoms with van der Waals surface area (Å²) in [5.41, 5.74) is 0.907. The molecule has 0 saturated heterocycles. The molecule has 0 spiro atoms. The van der Waals surface area contributed by atoms with Crippen molar-refractivity contribution in [3.63, 3.8) is 0 Å². The topological polar surface area (TPSA) is 55.8 Å². The summed E-state index contributed by atoms with van der Waals surface area (Å²) in [6.45, 7) is 15.8. The first-order chi connectivity index (χ1) is 9.57. The van der Waals surface area contributed by atoms with Gasteiger partial charge in [-0.2, -0.15) is 0 Å². The van der Waals surface area contributed by atoms with E-state index < -0.39 is 0 Å². The lowest BCUT2D eigenvalue weighted by molar-refractivity contribution is -0.140. The minimum atomic E-state index is -0.313. The molecule has 0 saturated carbocycles. The van der Waals surface area contributed by atoms with Crippen molar-refractivity contribution in [2.45, 2.75) is 27.7 Å². The molecule has 21 heavy (non-hydrogen) atoms. The molecule has 5 heteroatoms. The first-order valence-electron chi connectivity index (χ1n) is 6.87. The molecule has 122 valence electrons. The number of carbonyl (C=O) groups excluding carboxylic acids is 2. The third-order valence-corrected chi connectivity index (χ3v) is 2.02. The molecule has 0 unspecified atom stereocenters. The van der Waals surface area contributed by atoms with Gasteiger partial charge in [0.05, 0.1) is 6.61 Å². The summed E-state index contributed by atoms with van der Waals surface area (Å²) in [6, 6.07) is 0. The molecule has 0 aliphatic carbocycles. The van der Waals surface area contributed by atoms with E-state index in [1.165, 1.54) is 0 Å². The number of esters is 2. The Morgan fingerprint density at radius 2 is 1.43 bits per heavy atom. The highest BCUT2D eigenvalue weighted by molar-refractivity contribution is 5.87. The van der Waals surface area contributed by atoms with Gasteiger partial charge in [0.1, 0.15) is 6.61 Å². The quantitative estimate of drug-likeness (QED) is 0.534. The molecule has 5 nitrogen and oxygen atoms in total. The molecule has 0 N–H and O–H groups in total. The van der Waals surface area contributed by atoms with Gasteiger partial charge in [-0.1, -0.05) is 27.0 Å². The van der Waals surface area contributed by atoms with Crippen LogP contribution in [0.15, 0.2) is 24.3 Å². The van der Waals surface area contributed by atoms with Crippen LogP contribution in [0.5, 0.6) is 0 Å². The van der Waals surface area contributed by atoms with Gasteiger partial charge in [-0.3, -0.25) is 0 Å². The number of nitrogens with zero attached hydrogens (tertiary/aromatic N) is 1. The van der Waals surface area contributed by atoms with Gasteiger partial charge in [-0.15, -0.1) is 0 Å². The van der Waals surface area contributed by atoms with Crippen molar-refractivity contribution in [3.8, 4) is 0 Å². The van der Waals surface area contributed by atoms with Gasteiger partial charge in [0.2, 0.25) is 0 Å². The number of hydrogen-bond acceptors (Lipinski definition) is 5. The van der Waals surface area contributed by atoms with Gasteiger partial charge in [-0.05, 0) is 33.9 Å². The SMILES string of the molecule is C=C(C)C(=O)OCC(C)C.C=C(C)C(=O)OCCN(C)C. The van der Waals surface area contributed by atoms with Gasteiger partial charge in [0, 0.05) is 17.7 Å². The fourth-order valence-corrected chi connectivity index (χ4v) is 0.810. The predicted molar refractivity (Wildman–Crippen MR) is 84.9 cm³/mol. The minimum absolute atomic E-state index is 0.297. The molecule has 0 bridgehead atoms. The van der Waals surface area contributed by atoms with E-state index in [2.05, 4.69) is 13.2 Å². The first-order valence-corrected chi connectivity index (χ1v) is 6.87. The number of rotatable bonds is 7. The Morgan fingerprint density at radius 1 is 1.00 bits per heavy atom. The molecule has 0 aliphatic heterocycles. The van der Waals surface area contributed by atoms with Crippen LogP contribution in [0, 0.1) is 5.92 Å². The highest BCUT2D eigenvalue weighted by Crippen LogP contribution is 1.97. The Balaban J connectivity index is 0. The van der Waals surface area contributed by atoms with Gasteiger partial charge in [0.15, 0.2) is 0 Å². The Bertz CT molecular complexity index is 359. The van der Waals surface area contributed by atoms with Gasteiger partial charge < -0.3 is 14.4 Å². The lowest BCUT2D eigenvalue weighted by atomic mass is 10.2. The fourth-order valence-electron chi connectivity index (χ4n) is 0.810. The van der Waals surface area contributed by atoms with Gasteiger partial charge in [-0.25, -0.2) is 9.59 Å². The van der Waals surface area contributed by atoms with Crippen LogP contribution in [0.3, 0.4) is 0 Å². The molecule has 0 heterocycles. The van der Waals surface area contributed by atoms with Gasteiger partial charge >= 0.3 is 11.9 Å². The molecular weight excluding hydrogens is 270 g/mol. The second-order valence-electron chi connectivity index (χ2n) is 5.49. The second kappa shape index (κ2) is 12.1. The van der Waals surface area contributed by atoms with Crippen molar-refractivity contribution in [1.82, 2.24) is 4.90 Å². The van der Waals surface area contributed by atoms with Crippen LogP contribution >= 0.6 is 0 Å². The Hall–Kier alpha value is -1.62. The summed E-state index contributed by atoms with van der Waals surface area (Å²) in [6.07, 6.45) is 0. The summed E-state index contributed by atoms with van der Waals surface area (Å²) in [5.74, 6) is -0.219. The zero-order valence-electron chi connectivity index (χ0n) is 14.2. The molecular formula is C16H29NO4. The van der Waals surface area contributed by atoms with Gasteiger partial charge in [0.25, 0.3) is 0 Å². The highest BCUT2D eigenvalue weighted by atomic mass is 16.5. The Labute approximate surface area is 128 Å². The maximum atomic E-state index is 10.8. The summed E-state index contributed by atoms with van der Waals surface area (Å²) in [5, 5.41) is 0.